The zero-order valence-electron chi connectivity index (χ0n) is 11.2. The van der Waals surface area contributed by atoms with Crippen LogP contribution in [0.3, 0.4) is 0 Å². The van der Waals surface area contributed by atoms with Crippen molar-refractivity contribution in [3.8, 4) is 0 Å². The van der Waals surface area contributed by atoms with Gasteiger partial charge in [0.15, 0.2) is 0 Å². The van der Waals surface area contributed by atoms with Crippen LogP contribution in [0.5, 0.6) is 0 Å². The van der Waals surface area contributed by atoms with Crippen molar-refractivity contribution in [2.75, 3.05) is 13.2 Å². The van der Waals surface area contributed by atoms with E-state index in [2.05, 4.69) is 4.72 Å². The van der Waals surface area contributed by atoms with Gasteiger partial charge in [-0.15, -0.1) is 0 Å². The molecule has 0 bridgehead atoms. The van der Waals surface area contributed by atoms with E-state index in [-0.39, 0.29) is 29.9 Å². The van der Waals surface area contributed by atoms with Gasteiger partial charge < -0.3 is 5.11 Å². The normalized spacial score (nSPS) is 17.7. The molecule has 1 fully saturated rings. The first-order valence-electron chi connectivity index (χ1n) is 6.40. The van der Waals surface area contributed by atoms with Gasteiger partial charge in [0, 0.05) is 18.6 Å². The first kappa shape index (κ1) is 16.3. The molecule has 0 amide bonds. The molecular formula is C13H16F3NO3S. The van der Waals surface area contributed by atoms with Gasteiger partial charge in [0.2, 0.25) is 10.0 Å². The van der Waals surface area contributed by atoms with Gasteiger partial charge in [0.1, 0.15) is 0 Å². The van der Waals surface area contributed by atoms with Gasteiger partial charge in [-0.3, -0.25) is 0 Å². The summed E-state index contributed by atoms with van der Waals surface area (Å²) in [6, 6.07) is 4.03. The van der Waals surface area contributed by atoms with Gasteiger partial charge in [-0.25, -0.2) is 13.1 Å². The molecule has 1 aromatic carbocycles. The Hall–Kier alpha value is -1.12. The Balaban J connectivity index is 1.97. The third-order valence-corrected chi connectivity index (χ3v) is 4.90. The molecule has 2 rings (SSSR count). The quantitative estimate of drug-likeness (QED) is 0.840. The Morgan fingerprint density at radius 2 is 1.76 bits per heavy atom. The van der Waals surface area contributed by atoms with Crippen LogP contribution in [-0.4, -0.2) is 26.7 Å². The number of aliphatic hydroxyl groups excluding tert-OH is 1. The number of hydrogen-bond donors (Lipinski definition) is 2. The SMILES string of the molecule is O=S(=O)(Cc1ccc(C(F)(F)F)cc1)NCC1(CO)CC1. The first-order chi connectivity index (χ1) is 9.66. The molecular weight excluding hydrogens is 307 g/mol. The Bertz CT molecular complexity index is 592. The zero-order valence-corrected chi connectivity index (χ0v) is 12.0. The highest BCUT2D eigenvalue weighted by molar-refractivity contribution is 7.88. The molecule has 118 valence electrons. The van der Waals surface area contributed by atoms with E-state index >= 15 is 0 Å². The molecule has 4 nitrogen and oxygen atoms in total. The Morgan fingerprint density at radius 3 is 2.19 bits per heavy atom. The first-order valence-corrected chi connectivity index (χ1v) is 8.05. The fourth-order valence-corrected chi connectivity index (χ4v) is 3.15. The van der Waals surface area contributed by atoms with Crippen molar-refractivity contribution >= 4 is 10.0 Å². The van der Waals surface area contributed by atoms with Gasteiger partial charge in [0.05, 0.1) is 11.3 Å². The number of halogens is 3. The Morgan fingerprint density at radius 1 is 1.19 bits per heavy atom. The van der Waals surface area contributed by atoms with Crippen molar-refractivity contribution in [2.24, 2.45) is 5.41 Å². The summed E-state index contributed by atoms with van der Waals surface area (Å²) in [5, 5.41) is 9.11. The molecule has 8 heteroatoms. The highest BCUT2D eigenvalue weighted by Crippen LogP contribution is 2.44. The highest BCUT2D eigenvalue weighted by atomic mass is 32.2. The molecule has 0 radical (unpaired) electrons. The number of rotatable bonds is 6. The maximum atomic E-state index is 12.4. The minimum atomic E-state index is -4.44. The van der Waals surface area contributed by atoms with Gasteiger partial charge in [-0.1, -0.05) is 12.1 Å². The van der Waals surface area contributed by atoms with Crippen molar-refractivity contribution in [3.05, 3.63) is 35.4 Å². The lowest BCUT2D eigenvalue weighted by atomic mass is 10.1. The molecule has 2 N–H and O–H groups in total. The second-order valence-electron chi connectivity index (χ2n) is 5.43. The van der Waals surface area contributed by atoms with Crippen LogP contribution in [0.15, 0.2) is 24.3 Å². The molecule has 0 saturated heterocycles. The molecule has 0 atom stereocenters. The molecule has 0 heterocycles. The summed E-state index contributed by atoms with van der Waals surface area (Å²) < 4.78 is 63.3. The smallest absolute Gasteiger partial charge is 0.396 e. The number of aliphatic hydroxyl groups is 1. The molecule has 21 heavy (non-hydrogen) atoms. The van der Waals surface area contributed by atoms with E-state index in [0.29, 0.717) is 0 Å². The molecule has 1 aromatic rings. The third-order valence-electron chi connectivity index (χ3n) is 3.60. The summed E-state index contributed by atoms with van der Waals surface area (Å²) in [4.78, 5) is 0. The van der Waals surface area contributed by atoms with E-state index < -0.39 is 21.8 Å². The fraction of sp³-hybridized carbons (Fsp3) is 0.538. The van der Waals surface area contributed by atoms with E-state index in [9.17, 15) is 21.6 Å². The molecule has 0 aromatic heterocycles. The summed E-state index contributed by atoms with van der Waals surface area (Å²) in [6.45, 7) is 0.0856. The largest absolute Gasteiger partial charge is 0.416 e. The van der Waals surface area contributed by atoms with Crippen LogP contribution < -0.4 is 4.72 Å². The molecule has 0 spiro atoms. The zero-order chi connectivity index (χ0) is 15.7. The molecule has 1 aliphatic rings. The average Bonchev–Trinajstić information content (AvgIpc) is 3.16. The summed E-state index contributed by atoms with van der Waals surface area (Å²) in [5.74, 6) is -0.382. The topological polar surface area (TPSA) is 66.4 Å². The lowest BCUT2D eigenvalue weighted by Crippen LogP contribution is -2.32. The number of nitrogens with one attached hydrogen (secondary N) is 1. The van der Waals surface area contributed by atoms with Crippen LogP contribution in [0.4, 0.5) is 13.2 Å². The van der Waals surface area contributed by atoms with E-state index in [1.54, 1.807) is 0 Å². The van der Waals surface area contributed by atoms with Crippen LogP contribution in [0.25, 0.3) is 0 Å². The third kappa shape index (κ3) is 4.42. The number of hydrogen-bond acceptors (Lipinski definition) is 3. The highest BCUT2D eigenvalue weighted by Gasteiger charge is 2.42. The van der Waals surface area contributed by atoms with Gasteiger partial charge >= 0.3 is 6.18 Å². The summed E-state index contributed by atoms with van der Waals surface area (Å²) in [7, 11) is -3.63. The number of sulfonamides is 1. The molecule has 1 aliphatic carbocycles. The predicted octanol–water partition coefficient (Wildman–Crippen LogP) is 1.90. The minimum Gasteiger partial charge on any atom is -0.396 e. The van der Waals surface area contributed by atoms with Gasteiger partial charge in [-0.05, 0) is 30.5 Å². The molecule has 0 aliphatic heterocycles. The van der Waals surface area contributed by atoms with Crippen molar-refractivity contribution < 1.29 is 26.7 Å². The van der Waals surface area contributed by atoms with Crippen molar-refractivity contribution in [1.82, 2.24) is 4.72 Å². The van der Waals surface area contributed by atoms with Crippen LogP contribution in [0, 0.1) is 5.41 Å². The maximum absolute atomic E-state index is 12.4. The average molecular weight is 323 g/mol. The minimum absolute atomic E-state index is 0.0736. The van der Waals surface area contributed by atoms with Crippen LogP contribution in [-0.2, 0) is 22.0 Å². The van der Waals surface area contributed by atoms with Gasteiger partial charge in [0.25, 0.3) is 0 Å². The Labute approximate surface area is 121 Å². The standard InChI is InChI=1S/C13H16F3NO3S/c14-13(15,16)11-3-1-10(2-4-11)7-21(19,20)17-8-12(9-18)5-6-12/h1-4,17-18H,5-9H2. The lowest BCUT2D eigenvalue weighted by molar-refractivity contribution is -0.137. The van der Waals surface area contributed by atoms with Crippen LogP contribution in [0.1, 0.15) is 24.0 Å². The van der Waals surface area contributed by atoms with E-state index in [1.807, 2.05) is 0 Å². The predicted molar refractivity (Wildman–Crippen MR) is 70.8 cm³/mol. The van der Waals surface area contributed by atoms with E-state index in [4.69, 9.17) is 5.11 Å². The molecule has 1 saturated carbocycles. The fourth-order valence-electron chi connectivity index (χ4n) is 1.89. The second kappa shape index (κ2) is 5.58. The van der Waals surface area contributed by atoms with Crippen molar-refractivity contribution in [1.29, 1.82) is 0 Å². The van der Waals surface area contributed by atoms with Gasteiger partial charge in [-0.2, -0.15) is 13.2 Å². The monoisotopic (exact) mass is 323 g/mol. The second-order valence-corrected chi connectivity index (χ2v) is 7.24. The van der Waals surface area contributed by atoms with Crippen LogP contribution in [0.2, 0.25) is 0 Å². The summed E-state index contributed by atoms with van der Waals surface area (Å²) in [5.41, 5.74) is -0.883. The summed E-state index contributed by atoms with van der Waals surface area (Å²) >= 11 is 0. The van der Waals surface area contributed by atoms with Crippen LogP contribution >= 0.6 is 0 Å². The summed E-state index contributed by atoms with van der Waals surface area (Å²) in [6.07, 6.45) is -2.90. The lowest BCUT2D eigenvalue weighted by Gasteiger charge is -2.13. The van der Waals surface area contributed by atoms with Crippen molar-refractivity contribution in [3.63, 3.8) is 0 Å². The maximum Gasteiger partial charge on any atom is 0.416 e. The van der Waals surface area contributed by atoms with E-state index in [0.717, 1.165) is 37.1 Å². The Kier molecular flexibility index (Phi) is 4.32. The van der Waals surface area contributed by atoms with E-state index in [1.165, 1.54) is 0 Å². The number of benzene rings is 1. The molecule has 0 unspecified atom stereocenters. The van der Waals surface area contributed by atoms with Crippen molar-refractivity contribution in [2.45, 2.75) is 24.8 Å². The number of alkyl halides is 3.